The summed E-state index contributed by atoms with van der Waals surface area (Å²) < 4.78 is 38.8. The van der Waals surface area contributed by atoms with Crippen molar-refractivity contribution in [2.75, 3.05) is 18.0 Å². The zero-order chi connectivity index (χ0) is 15.8. The Kier molecular flexibility index (Phi) is 3.83. The lowest BCUT2D eigenvalue weighted by atomic mass is 9.94. The molecule has 0 amide bonds. The van der Waals surface area contributed by atoms with E-state index >= 15 is 0 Å². The quantitative estimate of drug-likeness (QED) is 0.674. The standard InChI is InChI=1S/C13H15F3N2O3/c1-12(19)5-2-6-17(8-12)9-3-4-11(18(20)21)10(7-9)13(14,15)16/h3-4,7,19H,2,5-6,8H2,1H3. The minimum absolute atomic E-state index is 0.197. The molecule has 5 nitrogen and oxygen atoms in total. The second-order valence-electron chi connectivity index (χ2n) is 5.48. The highest BCUT2D eigenvalue weighted by atomic mass is 19.4. The van der Waals surface area contributed by atoms with Gasteiger partial charge < -0.3 is 10.0 Å². The van der Waals surface area contributed by atoms with Crippen molar-refractivity contribution in [3.8, 4) is 0 Å². The highest BCUT2D eigenvalue weighted by Gasteiger charge is 2.39. The van der Waals surface area contributed by atoms with Crippen LogP contribution in [-0.2, 0) is 6.18 Å². The summed E-state index contributed by atoms with van der Waals surface area (Å²) >= 11 is 0. The van der Waals surface area contributed by atoms with Crippen LogP contribution < -0.4 is 4.90 Å². The number of aliphatic hydroxyl groups is 1. The second kappa shape index (κ2) is 5.18. The largest absolute Gasteiger partial charge is 0.423 e. The lowest BCUT2D eigenvalue weighted by Crippen LogP contribution is -2.46. The maximum Gasteiger partial charge on any atom is 0.423 e. The third kappa shape index (κ3) is 3.44. The Morgan fingerprint density at radius 1 is 1.43 bits per heavy atom. The molecule has 2 rings (SSSR count). The molecule has 1 N–H and O–H groups in total. The Bertz CT molecular complexity index is 558. The predicted molar refractivity (Wildman–Crippen MR) is 70.2 cm³/mol. The van der Waals surface area contributed by atoms with Crippen LogP contribution in [0.1, 0.15) is 25.3 Å². The Morgan fingerprint density at radius 3 is 2.62 bits per heavy atom. The Hall–Kier alpha value is -1.83. The van der Waals surface area contributed by atoms with Crippen molar-refractivity contribution in [2.45, 2.75) is 31.5 Å². The van der Waals surface area contributed by atoms with Gasteiger partial charge in [0.2, 0.25) is 0 Å². The van der Waals surface area contributed by atoms with Crippen LogP contribution in [0.4, 0.5) is 24.5 Å². The highest BCUT2D eigenvalue weighted by Crippen LogP contribution is 2.39. The molecule has 0 aliphatic carbocycles. The van der Waals surface area contributed by atoms with Crippen LogP contribution in [0.25, 0.3) is 0 Å². The van der Waals surface area contributed by atoms with Gasteiger partial charge in [-0.15, -0.1) is 0 Å². The molecule has 0 radical (unpaired) electrons. The first-order valence-electron chi connectivity index (χ1n) is 6.43. The summed E-state index contributed by atoms with van der Waals surface area (Å²) in [6.07, 6.45) is -3.58. The monoisotopic (exact) mass is 304 g/mol. The molecule has 1 aliphatic heterocycles. The van der Waals surface area contributed by atoms with Gasteiger partial charge in [0.25, 0.3) is 5.69 Å². The Labute approximate surface area is 119 Å². The molecule has 1 aliphatic rings. The van der Waals surface area contributed by atoms with Gasteiger partial charge in [-0.1, -0.05) is 0 Å². The highest BCUT2D eigenvalue weighted by molar-refractivity contribution is 5.57. The van der Waals surface area contributed by atoms with E-state index in [-0.39, 0.29) is 12.2 Å². The number of rotatable bonds is 2. The lowest BCUT2D eigenvalue weighted by molar-refractivity contribution is -0.388. The van der Waals surface area contributed by atoms with Crippen molar-refractivity contribution in [1.82, 2.24) is 0 Å². The molecule has 1 aromatic carbocycles. The van der Waals surface area contributed by atoms with Gasteiger partial charge in [0, 0.05) is 24.8 Å². The van der Waals surface area contributed by atoms with Crippen LogP contribution in [-0.4, -0.2) is 28.7 Å². The van der Waals surface area contributed by atoms with Crippen LogP contribution in [0.15, 0.2) is 18.2 Å². The lowest BCUT2D eigenvalue weighted by Gasteiger charge is -2.38. The van der Waals surface area contributed by atoms with Gasteiger partial charge >= 0.3 is 6.18 Å². The Balaban J connectivity index is 2.40. The molecular formula is C13H15F3N2O3. The van der Waals surface area contributed by atoms with Crippen molar-refractivity contribution in [2.24, 2.45) is 0 Å². The number of anilines is 1. The van der Waals surface area contributed by atoms with E-state index in [4.69, 9.17) is 0 Å². The number of nitro groups is 1. The summed E-state index contributed by atoms with van der Waals surface area (Å²) in [6.45, 7) is 2.32. The summed E-state index contributed by atoms with van der Waals surface area (Å²) in [5, 5.41) is 20.7. The maximum absolute atomic E-state index is 12.9. The average molecular weight is 304 g/mol. The SMILES string of the molecule is CC1(O)CCCN(c2ccc([N+](=O)[O-])c(C(F)(F)F)c2)C1. The molecule has 116 valence electrons. The number of hydrogen-bond donors (Lipinski definition) is 1. The first kappa shape index (κ1) is 15.6. The van der Waals surface area contributed by atoms with Crippen LogP contribution in [0, 0.1) is 10.1 Å². The zero-order valence-corrected chi connectivity index (χ0v) is 11.4. The number of β-amino-alcohol motifs (C(OH)–C–C–N with tert-alkyl or cyclic N) is 1. The molecule has 1 atom stereocenters. The summed E-state index contributed by atoms with van der Waals surface area (Å²) in [5.74, 6) is 0. The summed E-state index contributed by atoms with van der Waals surface area (Å²) in [4.78, 5) is 11.3. The predicted octanol–water partition coefficient (Wildman–Crippen LogP) is 2.96. The number of nitro benzene ring substituents is 1. The second-order valence-corrected chi connectivity index (χ2v) is 5.48. The van der Waals surface area contributed by atoms with E-state index in [9.17, 15) is 28.4 Å². The molecule has 1 heterocycles. The number of nitrogens with zero attached hydrogens (tertiary/aromatic N) is 2. The van der Waals surface area contributed by atoms with Crippen LogP contribution in [0.3, 0.4) is 0 Å². The first-order valence-corrected chi connectivity index (χ1v) is 6.43. The number of halogens is 3. The average Bonchev–Trinajstić information content (AvgIpc) is 2.35. The van der Waals surface area contributed by atoms with Crippen LogP contribution in [0.5, 0.6) is 0 Å². The first-order chi connectivity index (χ1) is 9.60. The van der Waals surface area contributed by atoms with Crippen LogP contribution >= 0.6 is 0 Å². The molecule has 0 bridgehead atoms. The third-order valence-corrected chi connectivity index (χ3v) is 3.52. The van der Waals surface area contributed by atoms with E-state index in [1.165, 1.54) is 6.07 Å². The fourth-order valence-electron chi connectivity index (χ4n) is 2.55. The fourth-order valence-corrected chi connectivity index (χ4v) is 2.55. The third-order valence-electron chi connectivity index (χ3n) is 3.52. The molecular weight excluding hydrogens is 289 g/mol. The van der Waals surface area contributed by atoms with Gasteiger partial charge in [0.15, 0.2) is 0 Å². The minimum atomic E-state index is -4.79. The van der Waals surface area contributed by atoms with Gasteiger partial charge in [0.05, 0.1) is 10.5 Å². The fraction of sp³-hybridized carbons (Fsp3) is 0.538. The molecule has 1 unspecified atom stereocenters. The van der Waals surface area contributed by atoms with E-state index in [0.717, 1.165) is 12.1 Å². The van der Waals surface area contributed by atoms with Crippen molar-refractivity contribution in [1.29, 1.82) is 0 Å². The van der Waals surface area contributed by atoms with Gasteiger partial charge in [-0.25, -0.2) is 0 Å². The van der Waals surface area contributed by atoms with E-state index in [1.54, 1.807) is 11.8 Å². The topological polar surface area (TPSA) is 66.6 Å². The van der Waals surface area contributed by atoms with Gasteiger partial charge in [-0.2, -0.15) is 13.2 Å². The molecule has 0 saturated carbocycles. The van der Waals surface area contributed by atoms with E-state index in [0.29, 0.717) is 19.4 Å². The molecule has 1 fully saturated rings. The number of benzene rings is 1. The van der Waals surface area contributed by atoms with E-state index < -0.39 is 28.0 Å². The number of alkyl halides is 3. The van der Waals surface area contributed by atoms with E-state index in [2.05, 4.69) is 0 Å². The summed E-state index contributed by atoms with van der Waals surface area (Å²) in [7, 11) is 0. The molecule has 0 spiro atoms. The van der Waals surface area contributed by atoms with Crippen molar-refractivity contribution in [3.63, 3.8) is 0 Å². The van der Waals surface area contributed by atoms with Crippen LogP contribution in [0.2, 0.25) is 0 Å². The minimum Gasteiger partial charge on any atom is -0.388 e. The molecule has 8 heteroatoms. The van der Waals surface area contributed by atoms with Crippen molar-refractivity contribution in [3.05, 3.63) is 33.9 Å². The number of hydrogen-bond acceptors (Lipinski definition) is 4. The van der Waals surface area contributed by atoms with Crippen molar-refractivity contribution < 1.29 is 23.2 Å². The van der Waals surface area contributed by atoms with Gasteiger partial charge in [-0.05, 0) is 31.9 Å². The van der Waals surface area contributed by atoms with Gasteiger partial charge in [0.1, 0.15) is 5.56 Å². The summed E-state index contributed by atoms with van der Waals surface area (Å²) in [6, 6.07) is 2.93. The molecule has 21 heavy (non-hydrogen) atoms. The van der Waals surface area contributed by atoms with Crippen molar-refractivity contribution >= 4 is 11.4 Å². The summed E-state index contributed by atoms with van der Waals surface area (Å²) in [5.41, 5.74) is -2.98. The molecule has 0 aromatic heterocycles. The smallest absolute Gasteiger partial charge is 0.388 e. The zero-order valence-electron chi connectivity index (χ0n) is 11.4. The van der Waals surface area contributed by atoms with Gasteiger partial charge in [-0.3, -0.25) is 10.1 Å². The Morgan fingerprint density at radius 2 is 2.10 bits per heavy atom. The normalized spacial score (nSPS) is 23.2. The number of piperidine rings is 1. The molecule has 1 saturated heterocycles. The maximum atomic E-state index is 12.9. The molecule has 1 aromatic rings. The van der Waals surface area contributed by atoms with E-state index in [1.807, 2.05) is 0 Å².